The van der Waals surface area contributed by atoms with Crippen LogP contribution in [0.2, 0.25) is 0 Å². The molecule has 18 heavy (non-hydrogen) atoms. The zero-order valence-corrected chi connectivity index (χ0v) is 11.2. The average molecular weight is 242 g/mol. The fourth-order valence-electron chi connectivity index (χ4n) is 2.18. The molecule has 0 spiro atoms. The molecule has 0 unspecified atom stereocenters. The van der Waals surface area contributed by atoms with Crippen LogP contribution >= 0.6 is 0 Å². The van der Waals surface area contributed by atoms with E-state index in [-0.39, 0.29) is 5.92 Å². The Morgan fingerprint density at radius 3 is 2.22 bits per heavy atom. The molecule has 0 atom stereocenters. The summed E-state index contributed by atoms with van der Waals surface area (Å²) in [6, 6.07) is 4.06. The first-order chi connectivity index (χ1) is 8.49. The number of hydrogen-bond donors (Lipinski definition) is 1. The van der Waals surface area contributed by atoms with Gasteiger partial charge in [-0.1, -0.05) is 13.8 Å². The van der Waals surface area contributed by atoms with Crippen LogP contribution in [0.25, 0.3) is 11.3 Å². The van der Waals surface area contributed by atoms with Crippen molar-refractivity contribution >= 4 is 5.82 Å². The van der Waals surface area contributed by atoms with Gasteiger partial charge in [0.05, 0.1) is 5.69 Å². The van der Waals surface area contributed by atoms with Crippen molar-refractivity contribution in [2.75, 3.05) is 5.73 Å². The van der Waals surface area contributed by atoms with Gasteiger partial charge < -0.3 is 5.73 Å². The van der Waals surface area contributed by atoms with Gasteiger partial charge in [-0.2, -0.15) is 0 Å². The molecule has 94 valence electrons. The Morgan fingerprint density at radius 2 is 1.67 bits per heavy atom. The monoisotopic (exact) mass is 242 g/mol. The van der Waals surface area contributed by atoms with Crippen LogP contribution in [0.5, 0.6) is 0 Å². The molecule has 4 heteroatoms. The summed E-state index contributed by atoms with van der Waals surface area (Å²) in [6.07, 6.45) is 1.52. The highest BCUT2D eigenvalue weighted by atomic mass is 14.9. The zero-order valence-electron chi connectivity index (χ0n) is 11.2. The number of nitrogens with zero attached hydrogens (tertiary/aromatic N) is 3. The molecule has 0 aliphatic carbocycles. The second-order valence-electron chi connectivity index (χ2n) is 4.81. The minimum atomic E-state index is 0.287. The lowest BCUT2D eigenvalue weighted by Crippen LogP contribution is -2.04. The van der Waals surface area contributed by atoms with Crippen molar-refractivity contribution in [1.82, 2.24) is 15.0 Å². The number of anilines is 1. The van der Waals surface area contributed by atoms with Gasteiger partial charge in [0.2, 0.25) is 0 Å². The third-order valence-electron chi connectivity index (χ3n) is 2.85. The van der Waals surface area contributed by atoms with Crippen molar-refractivity contribution in [3.05, 3.63) is 35.4 Å². The van der Waals surface area contributed by atoms with Gasteiger partial charge in [0.1, 0.15) is 12.1 Å². The minimum absolute atomic E-state index is 0.287. The summed E-state index contributed by atoms with van der Waals surface area (Å²) in [5, 5.41) is 0. The van der Waals surface area contributed by atoms with E-state index in [0.29, 0.717) is 5.82 Å². The van der Waals surface area contributed by atoms with Gasteiger partial charge in [0, 0.05) is 22.5 Å². The largest absolute Gasteiger partial charge is 0.383 e. The number of pyridine rings is 1. The Kier molecular flexibility index (Phi) is 3.28. The Bertz CT molecular complexity index is 556. The number of hydrogen-bond acceptors (Lipinski definition) is 4. The molecule has 0 saturated carbocycles. The smallest absolute Gasteiger partial charge is 0.130 e. The summed E-state index contributed by atoms with van der Waals surface area (Å²) >= 11 is 0. The number of aryl methyl sites for hydroxylation is 2. The molecule has 2 N–H and O–H groups in total. The maximum Gasteiger partial charge on any atom is 0.130 e. The maximum atomic E-state index is 5.97. The van der Waals surface area contributed by atoms with Gasteiger partial charge in [-0.25, -0.2) is 9.97 Å². The van der Waals surface area contributed by atoms with Crippen molar-refractivity contribution < 1.29 is 0 Å². The first-order valence-corrected chi connectivity index (χ1v) is 6.05. The van der Waals surface area contributed by atoms with Crippen LogP contribution < -0.4 is 5.73 Å². The summed E-state index contributed by atoms with van der Waals surface area (Å²) < 4.78 is 0. The topological polar surface area (TPSA) is 64.7 Å². The van der Waals surface area contributed by atoms with Crippen molar-refractivity contribution in [3.63, 3.8) is 0 Å². The molecular formula is C14H18N4. The number of nitrogens with two attached hydrogens (primary N) is 1. The Morgan fingerprint density at radius 1 is 1.06 bits per heavy atom. The highest BCUT2D eigenvalue weighted by Gasteiger charge is 2.15. The minimum Gasteiger partial charge on any atom is -0.383 e. The van der Waals surface area contributed by atoms with E-state index in [1.54, 1.807) is 0 Å². The molecule has 0 fully saturated rings. The van der Waals surface area contributed by atoms with E-state index < -0.39 is 0 Å². The SMILES string of the molecule is Cc1cc(-c2ncnc(N)c2C(C)C)cc(C)n1. The Labute approximate surface area is 107 Å². The highest BCUT2D eigenvalue weighted by Crippen LogP contribution is 2.30. The lowest BCUT2D eigenvalue weighted by molar-refractivity contribution is 0.854. The molecule has 2 heterocycles. The van der Waals surface area contributed by atoms with Crippen LogP contribution in [0.4, 0.5) is 5.82 Å². The third-order valence-corrected chi connectivity index (χ3v) is 2.85. The normalized spacial score (nSPS) is 10.9. The molecule has 0 amide bonds. The van der Waals surface area contributed by atoms with Gasteiger partial charge in [-0.3, -0.25) is 4.98 Å². The molecule has 0 saturated heterocycles. The van der Waals surface area contributed by atoms with Crippen molar-refractivity contribution in [1.29, 1.82) is 0 Å². The molecule has 0 radical (unpaired) electrons. The lowest BCUT2D eigenvalue weighted by Gasteiger charge is -2.14. The molecule has 4 nitrogen and oxygen atoms in total. The first kappa shape index (κ1) is 12.5. The van der Waals surface area contributed by atoms with E-state index >= 15 is 0 Å². The molecule has 2 aromatic rings. The van der Waals surface area contributed by atoms with Gasteiger partial charge >= 0.3 is 0 Å². The van der Waals surface area contributed by atoms with Gasteiger partial charge in [-0.15, -0.1) is 0 Å². The van der Waals surface area contributed by atoms with E-state index in [0.717, 1.165) is 28.2 Å². The standard InChI is InChI=1S/C14H18N4/c1-8(2)12-13(16-7-17-14(12)15)11-5-9(3)18-10(4)6-11/h5-8H,1-4H3,(H2,15,16,17). The third kappa shape index (κ3) is 2.32. The van der Waals surface area contributed by atoms with Crippen LogP contribution in [0.3, 0.4) is 0 Å². The summed E-state index contributed by atoms with van der Waals surface area (Å²) in [4.78, 5) is 12.9. The quantitative estimate of drug-likeness (QED) is 0.879. The molecule has 2 rings (SSSR count). The van der Waals surface area contributed by atoms with Crippen molar-refractivity contribution in [2.24, 2.45) is 0 Å². The summed E-state index contributed by atoms with van der Waals surface area (Å²) in [5.41, 5.74) is 10.9. The van der Waals surface area contributed by atoms with E-state index in [1.165, 1.54) is 6.33 Å². The fourth-order valence-corrected chi connectivity index (χ4v) is 2.18. The van der Waals surface area contributed by atoms with Gasteiger partial charge in [0.25, 0.3) is 0 Å². The average Bonchev–Trinajstić information content (AvgIpc) is 2.26. The maximum absolute atomic E-state index is 5.97. The molecular weight excluding hydrogens is 224 g/mol. The molecule has 0 aromatic carbocycles. The fraction of sp³-hybridized carbons (Fsp3) is 0.357. The zero-order chi connectivity index (χ0) is 13.3. The van der Waals surface area contributed by atoms with Crippen LogP contribution in [0.15, 0.2) is 18.5 Å². The van der Waals surface area contributed by atoms with Gasteiger partial charge in [-0.05, 0) is 31.9 Å². The second-order valence-corrected chi connectivity index (χ2v) is 4.81. The van der Waals surface area contributed by atoms with Crippen molar-refractivity contribution in [3.8, 4) is 11.3 Å². The second kappa shape index (κ2) is 4.72. The summed E-state index contributed by atoms with van der Waals surface area (Å²) in [5.74, 6) is 0.845. The van der Waals surface area contributed by atoms with Crippen molar-refractivity contribution in [2.45, 2.75) is 33.6 Å². The van der Waals surface area contributed by atoms with E-state index in [9.17, 15) is 0 Å². The summed E-state index contributed by atoms with van der Waals surface area (Å²) in [6.45, 7) is 8.16. The van der Waals surface area contributed by atoms with Crippen LogP contribution in [-0.2, 0) is 0 Å². The van der Waals surface area contributed by atoms with E-state index in [1.807, 2.05) is 26.0 Å². The predicted molar refractivity (Wildman–Crippen MR) is 73.2 cm³/mol. The van der Waals surface area contributed by atoms with Crippen LogP contribution in [0, 0.1) is 13.8 Å². The molecule has 0 bridgehead atoms. The van der Waals surface area contributed by atoms with Crippen LogP contribution in [-0.4, -0.2) is 15.0 Å². The van der Waals surface area contributed by atoms with E-state index in [2.05, 4.69) is 28.8 Å². The number of rotatable bonds is 2. The molecule has 2 aromatic heterocycles. The first-order valence-electron chi connectivity index (χ1n) is 6.05. The molecule has 0 aliphatic rings. The van der Waals surface area contributed by atoms with Crippen LogP contribution in [0.1, 0.15) is 36.7 Å². The lowest BCUT2D eigenvalue weighted by atomic mass is 9.97. The Hall–Kier alpha value is -1.97. The van der Waals surface area contributed by atoms with Gasteiger partial charge in [0.15, 0.2) is 0 Å². The Balaban J connectivity index is 2.67. The predicted octanol–water partition coefficient (Wildman–Crippen LogP) is 2.86. The number of nitrogen functional groups attached to an aromatic ring is 1. The molecule has 0 aliphatic heterocycles. The van der Waals surface area contributed by atoms with E-state index in [4.69, 9.17) is 5.73 Å². The summed E-state index contributed by atoms with van der Waals surface area (Å²) in [7, 11) is 0. The number of aromatic nitrogens is 3. The highest BCUT2D eigenvalue weighted by molar-refractivity contribution is 5.68.